The number of benzene rings is 4. The van der Waals surface area contributed by atoms with Crippen molar-refractivity contribution < 1.29 is 18.9 Å². The predicted molar refractivity (Wildman–Crippen MR) is 177 cm³/mol. The van der Waals surface area contributed by atoms with Crippen molar-refractivity contribution in [1.82, 2.24) is 19.9 Å². The fourth-order valence-corrected chi connectivity index (χ4v) is 6.36. The molecular weight excluding hydrogens is 593 g/mol. The molecule has 0 atom stereocenters. The summed E-state index contributed by atoms with van der Waals surface area (Å²) in [4.78, 5) is 17.1. The molecule has 6 aromatic rings. The van der Waals surface area contributed by atoms with E-state index in [2.05, 4.69) is 9.97 Å². The zero-order valence-corrected chi connectivity index (χ0v) is 26.2. The van der Waals surface area contributed by atoms with E-state index in [1.54, 1.807) is 28.4 Å². The smallest absolute Gasteiger partial charge is 0.177 e. The van der Waals surface area contributed by atoms with E-state index in [1.807, 2.05) is 97.1 Å². The lowest BCUT2D eigenvalue weighted by atomic mass is 10.0. The van der Waals surface area contributed by atoms with Crippen LogP contribution in [0.2, 0.25) is 0 Å². The summed E-state index contributed by atoms with van der Waals surface area (Å²) in [6, 6.07) is 31.7. The second-order valence-corrected chi connectivity index (χ2v) is 11.7. The highest BCUT2D eigenvalue weighted by Crippen LogP contribution is 2.42. The van der Waals surface area contributed by atoms with Crippen molar-refractivity contribution in [3.63, 3.8) is 0 Å². The maximum absolute atomic E-state index is 5.37. The largest absolute Gasteiger partial charge is 0.497 e. The van der Waals surface area contributed by atoms with Crippen LogP contribution < -0.4 is 18.9 Å². The Kier molecular flexibility index (Phi) is 8.81. The topological polar surface area (TPSA) is 94.3 Å². The molecule has 0 saturated carbocycles. The van der Waals surface area contributed by atoms with Gasteiger partial charge >= 0.3 is 0 Å². The summed E-state index contributed by atoms with van der Waals surface area (Å²) in [5.74, 6) is 3.17. The van der Waals surface area contributed by atoms with Crippen LogP contribution in [0.25, 0.3) is 45.0 Å². The number of nitrogens with zero attached hydrogens (tertiary/aromatic N) is 2. The number of nitrogens with one attached hydrogen (secondary N) is 2. The minimum atomic E-state index is 0.750. The van der Waals surface area contributed by atoms with E-state index in [0.29, 0.717) is 0 Å². The molecule has 8 nitrogen and oxygen atoms in total. The van der Waals surface area contributed by atoms with Crippen LogP contribution in [0.3, 0.4) is 0 Å². The molecule has 44 heavy (non-hydrogen) atoms. The Morgan fingerprint density at radius 1 is 0.409 bits per heavy atom. The highest BCUT2D eigenvalue weighted by molar-refractivity contribution is 8.76. The van der Waals surface area contributed by atoms with Crippen molar-refractivity contribution >= 4 is 21.6 Å². The minimum Gasteiger partial charge on any atom is -0.497 e. The molecule has 0 bridgehead atoms. The summed E-state index contributed by atoms with van der Waals surface area (Å²) in [7, 11) is 9.65. The first-order valence-corrected chi connectivity index (χ1v) is 15.9. The molecule has 2 heterocycles. The summed E-state index contributed by atoms with van der Waals surface area (Å²) in [6.07, 6.45) is 0. The van der Waals surface area contributed by atoms with Crippen molar-refractivity contribution in [2.75, 3.05) is 28.4 Å². The number of H-pyrrole nitrogens is 2. The number of hydrogen-bond donors (Lipinski definition) is 2. The average molecular weight is 623 g/mol. The van der Waals surface area contributed by atoms with Crippen LogP contribution in [0.1, 0.15) is 0 Å². The number of aromatic nitrogens is 4. The summed E-state index contributed by atoms with van der Waals surface area (Å²) >= 11 is 0. The lowest BCUT2D eigenvalue weighted by Gasteiger charge is -2.06. The third kappa shape index (κ3) is 6.27. The number of hydrogen-bond acceptors (Lipinski definition) is 8. The summed E-state index contributed by atoms with van der Waals surface area (Å²) < 4.78 is 21.5. The lowest BCUT2D eigenvalue weighted by Crippen LogP contribution is -1.87. The Morgan fingerprint density at radius 3 is 0.955 bits per heavy atom. The van der Waals surface area contributed by atoms with Gasteiger partial charge in [-0.05, 0) is 119 Å². The van der Waals surface area contributed by atoms with Gasteiger partial charge in [0.05, 0.1) is 51.2 Å². The monoisotopic (exact) mass is 622 g/mol. The maximum Gasteiger partial charge on any atom is 0.177 e. The Balaban J connectivity index is 1.33. The van der Waals surface area contributed by atoms with Crippen molar-refractivity contribution in [2.24, 2.45) is 0 Å². The number of methoxy groups -OCH3 is 4. The van der Waals surface area contributed by atoms with E-state index in [9.17, 15) is 0 Å². The van der Waals surface area contributed by atoms with Gasteiger partial charge < -0.3 is 28.9 Å². The Morgan fingerprint density at radius 2 is 0.682 bits per heavy atom. The van der Waals surface area contributed by atoms with E-state index < -0.39 is 0 Å². The standard InChI is InChI=1S/C34H30N4O4S2/c1-39-25-13-5-21(6-14-25)29-30(22-7-15-26(40-2)16-8-22)36-33(35-29)43-44-34-37-31(23-9-17-27(41-3)18-10-23)32(38-34)24-11-19-28(42-4)20-12-24/h5-20H,1-4H3,(H,35,36)(H,37,38). The third-order valence-electron chi connectivity index (χ3n) is 7.05. The molecule has 6 rings (SSSR count). The van der Waals surface area contributed by atoms with E-state index in [4.69, 9.17) is 28.9 Å². The number of imidazole rings is 2. The quantitative estimate of drug-likeness (QED) is 0.139. The average Bonchev–Trinajstić information content (AvgIpc) is 3.72. The van der Waals surface area contributed by atoms with Crippen molar-refractivity contribution in [3.8, 4) is 68.0 Å². The molecular formula is C34H30N4O4S2. The number of ether oxygens (including phenoxy) is 4. The Hall–Kier alpha value is -4.80. The van der Waals surface area contributed by atoms with Crippen molar-refractivity contribution in [1.29, 1.82) is 0 Å². The van der Waals surface area contributed by atoms with Gasteiger partial charge in [-0.2, -0.15) is 0 Å². The van der Waals surface area contributed by atoms with Crippen LogP contribution in [0.15, 0.2) is 107 Å². The van der Waals surface area contributed by atoms with Crippen LogP contribution >= 0.6 is 21.6 Å². The normalized spacial score (nSPS) is 10.9. The molecule has 4 aromatic carbocycles. The molecule has 0 aliphatic heterocycles. The minimum absolute atomic E-state index is 0.750. The second kappa shape index (κ2) is 13.2. The van der Waals surface area contributed by atoms with Crippen LogP contribution in [-0.2, 0) is 0 Å². The van der Waals surface area contributed by atoms with Gasteiger partial charge in [-0.15, -0.1) is 0 Å². The number of aromatic amines is 2. The van der Waals surface area contributed by atoms with E-state index >= 15 is 0 Å². The van der Waals surface area contributed by atoms with Crippen LogP contribution in [0, 0.1) is 0 Å². The second-order valence-electron chi connectivity index (χ2n) is 9.61. The van der Waals surface area contributed by atoms with Crippen molar-refractivity contribution in [3.05, 3.63) is 97.1 Å². The SMILES string of the molecule is COc1ccc(-c2nc(SSc3nc(-c4ccc(OC)cc4)c(-c4ccc(OC)cc4)[nH]3)[nH]c2-c2ccc(OC)cc2)cc1. The Bertz CT molecular complexity index is 1570. The molecule has 0 aliphatic carbocycles. The van der Waals surface area contributed by atoms with Gasteiger partial charge in [0.15, 0.2) is 10.3 Å². The van der Waals surface area contributed by atoms with Gasteiger partial charge in [-0.1, -0.05) is 0 Å². The zero-order chi connectivity index (χ0) is 30.5. The van der Waals surface area contributed by atoms with Crippen LogP contribution in [0.4, 0.5) is 0 Å². The molecule has 0 aliphatic rings. The first-order chi connectivity index (χ1) is 21.6. The van der Waals surface area contributed by atoms with E-state index in [1.165, 1.54) is 21.6 Å². The molecule has 0 fully saturated rings. The lowest BCUT2D eigenvalue weighted by molar-refractivity contribution is 0.414. The maximum atomic E-state index is 5.37. The predicted octanol–water partition coefficient (Wildman–Crippen LogP) is 8.63. The van der Waals surface area contributed by atoms with Crippen LogP contribution in [0.5, 0.6) is 23.0 Å². The summed E-state index contributed by atoms with van der Waals surface area (Å²) in [6.45, 7) is 0. The van der Waals surface area contributed by atoms with Crippen molar-refractivity contribution in [2.45, 2.75) is 10.3 Å². The first kappa shape index (κ1) is 29.3. The number of rotatable bonds is 11. The van der Waals surface area contributed by atoms with E-state index in [0.717, 1.165) is 78.3 Å². The molecule has 0 unspecified atom stereocenters. The van der Waals surface area contributed by atoms with Gasteiger partial charge in [-0.25, -0.2) is 9.97 Å². The molecule has 222 valence electrons. The zero-order valence-electron chi connectivity index (χ0n) is 24.6. The molecule has 2 N–H and O–H groups in total. The van der Waals surface area contributed by atoms with Gasteiger partial charge in [0.1, 0.15) is 23.0 Å². The van der Waals surface area contributed by atoms with Gasteiger partial charge in [-0.3, -0.25) is 0 Å². The van der Waals surface area contributed by atoms with E-state index in [-0.39, 0.29) is 0 Å². The molecule has 0 amide bonds. The third-order valence-corrected chi connectivity index (χ3v) is 9.03. The highest BCUT2D eigenvalue weighted by atomic mass is 33.1. The summed E-state index contributed by atoms with van der Waals surface area (Å²) in [5, 5.41) is 1.50. The van der Waals surface area contributed by atoms with Crippen LogP contribution in [-0.4, -0.2) is 48.4 Å². The summed E-state index contributed by atoms with van der Waals surface area (Å²) in [5.41, 5.74) is 7.48. The highest BCUT2D eigenvalue weighted by Gasteiger charge is 2.19. The first-order valence-electron chi connectivity index (χ1n) is 13.7. The van der Waals surface area contributed by atoms with Gasteiger partial charge in [0, 0.05) is 22.3 Å². The molecule has 10 heteroatoms. The fraction of sp³-hybridized carbons (Fsp3) is 0.118. The molecule has 0 spiro atoms. The molecule has 0 saturated heterocycles. The Labute approximate surface area is 263 Å². The molecule has 0 radical (unpaired) electrons. The molecule has 2 aromatic heterocycles. The fourth-order valence-electron chi connectivity index (χ4n) is 4.71. The van der Waals surface area contributed by atoms with Gasteiger partial charge in [0.25, 0.3) is 0 Å². The van der Waals surface area contributed by atoms with Gasteiger partial charge in [0.2, 0.25) is 0 Å².